The zero-order valence-corrected chi connectivity index (χ0v) is 10.6. The topological polar surface area (TPSA) is 73.1 Å². The predicted molar refractivity (Wildman–Crippen MR) is 72.9 cm³/mol. The molecule has 98 valence electrons. The number of anilines is 1. The van der Waals surface area contributed by atoms with E-state index in [1.807, 2.05) is 18.2 Å². The minimum atomic E-state index is 0.449. The summed E-state index contributed by atoms with van der Waals surface area (Å²) < 4.78 is 5.52. The van der Waals surface area contributed by atoms with Crippen molar-refractivity contribution in [2.45, 2.75) is 13.0 Å². The first-order chi connectivity index (χ1) is 9.33. The number of nitrogen functional groups attached to an aromatic ring is 1. The number of nitrogens with two attached hydrogens (primary N) is 1. The summed E-state index contributed by atoms with van der Waals surface area (Å²) in [5.41, 5.74) is 8.78. The maximum absolute atomic E-state index is 5.97. The molecule has 1 aliphatic rings. The number of hydrogen-bond acceptors (Lipinski definition) is 5. The van der Waals surface area contributed by atoms with E-state index in [4.69, 9.17) is 10.5 Å². The van der Waals surface area contributed by atoms with Crippen LogP contribution in [0, 0.1) is 0 Å². The van der Waals surface area contributed by atoms with E-state index in [1.54, 1.807) is 0 Å². The first kappa shape index (κ1) is 11.9. The van der Waals surface area contributed by atoms with Gasteiger partial charge in [-0.25, -0.2) is 4.98 Å². The van der Waals surface area contributed by atoms with Crippen LogP contribution in [0.5, 0.6) is 5.88 Å². The van der Waals surface area contributed by atoms with Crippen LogP contribution in [-0.2, 0) is 13.0 Å². The van der Waals surface area contributed by atoms with Crippen LogP contribution in [0.3, 0.4) is 0 Å². The van der Waals surface area contributed by atoms with Crippen molar-refractivity contribution in [3.63, 3.8) is 0 Å². The van der Waals surface area contributed by atoms with Gasteiger partial charge in [0.2, 0.25) is 5.88 Å². The van der Waals surface area contributed by atoms with Gasteiger partial charge in [0.1, 0.15) is 18.1 Å². The summed E-state index contributed by atoms with van der Waals surface area (Å²) in [4.78, 5) is 8.92. The molecule has 5 heteroatoms. The van der Waals surface area contributed by atoms with Gasteiger partial charge < -0.3 is 15.8 Å². The van der Waals surface area contributed by atoms with Gasteiger partial charge in [-0.2, -0.15) is 4.98 Å². The van der Waals surface area contributed by atoms with Crippen LogP contribution in [0.2, 0.25) is 0 Å². The van der Waals surface area contributed by atoms with Crippen LogP contribution in [-0.4, -0.2) is 23.1 Å². The quantitative estimate of drug-likeness (QED) is 0.842. The largest absolute Gasteiger partial charge is 0.475 e. The highest BCUT2D eigenvalue weighted by Crippen LogP contribution is 2.21. The van der Waals surface area contributed by atoms with Crippen molar-refractivity contribution in [2.24, 2.45) is 0 Å². The third kappa shape index (κ3) is 2.66. The molecule has 0 amide bonds. The highest BCUT2D eigenvalue weighted by atomic mass is 16.5. The number of ether oxygens (including phenoxy) is 1. The number of fused-ring (bicyclic) bond motifs is 1. The standard InChI is InChI=1S/C14H16N4O/c15-13-11(8-10-4-2-1-3-5-10)17-12-9-16-6-7-19-14(12)18-13/h1-5,16H,6-9H2,(H2,15,18). The molecule has 0 saturated heterocycles. The van der Waals surface area contributed by atoms with E-state index >= 15 is 0 Å². The Bertz CT molecular complexity index is 571. The minimum absolute atomic E-state index is 0.449. The van der Waals surface area contributed by atoms with Crippen LogP contribution >= 0.6 is 0 Å². The molecule has 2 heterocycles. The molecular formula is C14H16N4O. The number of hydrogen-bond donors (Lipinski definition) is 2. The average molecular weight is 256 g/mol. The predicted octanol–water partition coefficient (Wildman–Crippen LogP) is 1.13. The van der Waals surface area contributed by atoms with Crippen LogP contribution in [0.25, 0.3) is 0 Å². The van der Waals surface area contributed by atoms with Crippen molar-refractivity contribution < 1.29 is 4.74 Å². The molecule has 2 aromatic rings. The second-order valence-electron chi connectivity index (χ2n) is 4.50. The van der Waals surface area contributed by atoms with E-state index in [9.17, 15) is 0 Å². The lowest BCUT2D eigenvalue weighted by molar-refractivity contribution is 0.313. The van der Waals surface area contributed by atoms with Gasteiger partial charge in [0.15, 0.2) is 0 Å². The van der Waals surface area contributed by atoms with Gasteiger partial charge >= 0.3 is 0 Å². The summed E-state index contributed by atoms with van der Waals surface area (Å²) in [5, 5.41) is 3.25. The average Bonchev–Trinajstić information content (AvgIpc) is 2.65. The van der Waals surface area contributed by atoms with Crippen molar-refractivity contribution >= 4 is 5.82 Å². The number of nitrogens with one attached hydrogen (secondary N) is 1. The molecule has 3 rings (SSSR count). The van der Waals surface area contributed by atoms with Gasteiger partial charge in [0.05, 0.1) is 5.69 Å². The summed E-state index contributed by atoms with van der Waals surface area (Å²) in [6, 6.07) is 10.1. The van der Waals surface area contributed by atoms with E-state index < -0.39 is 0 Å². The number of benzene rings is 1. The Hall–Kier alpha value is -2.14. The maximum atomic E-state index is 5.97. The first-order valence-corrected chi connectivity index (χ1v) is 6.35. The molecular weight excluding hydrogens is 240 g/mol. The van der Waals surface area contributed by atoms with E-state index in [0.29, 0.717) is 31.3 Å². The molecule has 0 atom stereocenters. The summed E-state index contributed by atoms with van der Waals surface area (Å²) in [6.07, 6.45) is 0.687. The van der Waals surface area contributed by atoms with Gasteiger partial charge in [-0.1, -0.05) is 30.3 Å². The maximum Gasteiger partial charge on any atom is 0.239 e. The smallest absolute Gasteiger partial charge is 0.239 e. The molecule has 1 aromatic carbocycles. The van der Waals surface area contributed by atoms with Crippen LogP contribution < -0.4 is 15.8 Å². The highest BCUT2D eigenvalue weighted by molar-refractivity contribution is 5.42. The lowest BCUT2D eigenvalue weighted by atomic mass is 10.1. The Morgan fingerprint density at radius 1 is 1.21 bits per heavy atom. The molecule has 0 fully saturated rings. The second kappa shape index (κ2) is 5.24. The van der Waals surface area contributed by atoms with Crippen LogP contribution in [0.15, 0.2) is 30.3 Å². The van der Waals surface area contributed by atoms with Crippen molar-refractivity contribution in [3.8, 4) is 5.88 Å². The van der Waals surface area contributed by atoms with E-state index in [0.717, 1.165) is 17.9 Å². The van der Waals surface area contributed by atoms with E-state index in [1.165, 1.54) is 5.56 Å². The Balaban J connectivity index is 1.91. The zero-order chi connectivity index (χ0) is 13.1. The highest BCUT2D eigenvalue weighted by Gasteiger charge is 2.15. The third-order valence-electron chi connectivity index (χ3n) is 3.06. The van der Waals surface area contributed by atoms with Crippen LogP contribution in [0.1, 0.15) is 17.0 Å². The Morgan fingerprint density at radius 3 is 2.89 bits per heavy atom. The normalized spacial score (nSPS) is 14.3. The fraction of sp³-hybridized carbons (Fsp3) is 0.286. The zero-order valence-electron chi connectivity index (χ0n) is 10.6. The molecule has 19 heavy (non-hydrogen) atoms. The van der Waals surface area contributed by atoms with Crippen molar-refractivity contribution in [1.82, 2.24) is 15.3 Å². The van der Waals surface area contributed by atoms with Crippen LogP contribution in [0.4, 0.5) is 5.82 Å². The van der Waals surface area contributed by atoms with E-state index in [2.05, 4.69) is 27.4 Å². The summed E-state index contributed by atoms with van der Waals surface area (Å²) in [6.45, 7) is 2.06. The molecule has 1 aliphatic heterocycles. The molecule has 0 radical (unpaired) electrons. The fourth-order valence-corrected chi connectivity index (χ4v) is 2.08. The molecule has 5 nitrogen and oxygen atoms in total. The molecule has 1 aromatic heterocycles. The van der Waals surface area contributed by atoms with Crippen molar-refractivity contribution in [3.05, 3.63) is 47.3 Å². The molecule has 0 unspecified atom stereocenters. The molecule has 0 saturated carbocycles. The number of nitrogens with zero attached hydrogens (tertiary/aromatic N) is 2. The monoisotopic (exact) mass is 256 g/mol. The summed E-state index contributed by atoms with van der Waals surface area (Å²) >= 11 is 0. The Kier molecular flexibility index (Phi) is 3.29. The first-order valence-electron chi connectivity index (χ1n) is 6.35. The lowest BCUT2D eigenvalue weighted by Gasteiger charge is -2.10. The number of rotatable bonds is 2. The molecule has 0 spiro atoms. The van der Waals surface area contributed by atoms with Gasteiger partial charge in [-0.3, -0.25) is 0 Å². The van der Waals surface area contributed by atoms with Gasteiger partial charge in [-0.05, 0) is 5.56 Å². The number of aromatic nitrogens is 2. The third-order valence-corrected chi connectivity index (χ3v) is 3.06. The minimum Gasteiger partial charge on any atom is -0.475 e. The fourth-order valence-electron chi connectivity index (χ4n) is 2.08. The Labute approximate surface area is 111 Å². The van der Waals surface area contributed by atoms with Crippen molar-refractivity contribution in [2.75, 3.05) is 18.9 Å². The summed E-state index contributed by atoms with van der Waals surface area (Å²) in [7, 11) is 0. The second-order valence-corrected chi connectivity index (χ2v) is 4.50. The van der Waals surface area contributed by atoms with Gasteiger partial charge in [0, 0.05) is 19.5 Å². The van der Waals surface area contributed by atoms with Gasteiger partial charge in [0.25, 0.3) is 0 Å². The van der Waals surface area contributed by atoms with Gasteiger partial charge in [-0.15, -0.1) is 0 Å². The molecule has 0 aliphatic carbocycles. The summed E-state index contributed by atoms with van der Waals surface area (Å²) in [5.74, 6) is 1.00. The molecule has 3 N–H and O–H groups in total. The SMILES string of the molecule is Nc1nc2c(nc1Cc1ccccc1)CNCCO2. The lowest BCUT2D eigenvalue weighted by Crippen LogP contribution is -2.16. The van der Waals surface area contributed by atoms with Crippen molar-refractivity contribution in [1.29, 1.82) is 0 Å². The van der Waals surface area contributed by atoms with E-state index in [-0.39, 0.29) is 0 Å². The Morgan fingerprint density at radius 2 is 2.05 bits per heavy atom. The molecule has 0 bridgehead atoms.